The van der Waals surface area contributed by atoms with Gasteiger partial charge in [0.05, 0.1) is 24.4 Å². The lowest BCUT2D eigenvalue weighted by Gasteiger charge is -2.12. The Labute approximate surface area is 195 Å². The van der Waals surface area contributed by atoms with Crippen molar-refractivity contribution in [3.8, 4) is 11.5 Å². The monoisotopic (exact) mass is 532 g/mol. The average Bonchev–Trinajstić information content (AvgIpc) is 3.10. The Morgan fingerprint density at radius 3 is 2.66 bits per heavy atom. The fourth-order valence-corrected chi connectivity index (χ4v) is 3.44. The molecular formula is C21H33IN4O2S. The molecule has 0 aliphatic heterocycles. The van der Waals surface area contributed by atoms with Crippen LogP contribution in [-0.4, -0.2) is 44.3 Å². The van der Waals surface area contributed by atoms with E-state index < -0.39 is 0 Å². The molecule has 0 fully saturated rings. The van der Waals surface area contributed by atoms with Crippen molar-refractivity contribution >= 4 is 41.3 Å². The summed E-state index contributed by atoms with van der Waals surface area (Å²) in [5.74, 6) is 2.44. The van der Waals surface area contributed by atoms with Crippen LogP contribution in [0.2, 0.25) is 0 Å². The minimum absolute atomic E-state index is 0. The highest BCUT2D eigenvalue weighted by molar-refractivity contribution is 14.0. The van der Waals surface area contributed by atoms with Gasteiger partial charge in [-0.1, -0.05) is 6.07 Å². The molecule has 162 valence electrons. The molecule has 6 nitrogen and oxygen atoms in total. The Bertz CT molecular complexity index is 752. The number of halogens is 1. The highest BCUT2D eigenvalue weighted by Gasteiger charge is 2.05. The zero-order valence-electron chi connectivity index (χ0n) is 17.8. The molecule has 8 heteroatoms. The summed E-state index contributed by atoms with van der Waals surface area (Å²) in [5.41, 5.74) is 2.37. The van der Waals surface area contributed by atoms with E-state index in [-0.39, 0.29) is 24.0 Å². The van der Waals surface area contributed by atoms with Gasteiger partial charge in [-0.25, -0.2) is 4.98 Å². The van der Waals surface area contributed by atoms with E-state index in [0.717, 1.165) is 67.1 Å². The van der Waals surface area contributed by atoms with E-state index in [0.29, 0.717) is 6.61 Å². The Morgan fingerprint density at radius 2 is 2.00 bits per heavy atom. The smallest absolute Gasteiger partial charge is 0.191 e. The van der Waals surface area contributed by atoms with Crippen LogP contribution in [0.1, 0.15) is 36.5 Å². The summed E-state index contributed by atoms with van der Waals surface area (Å²) in [6.07, 6.45) is 2.83. The van der Waals surface area contributed by atoms with Crippen molar-refractivity contribution in [2.75, 3.05) is 33.4 Å². The number of methoxy groups -OCH3 is 1. The third-order valence-corrected chi connectivity index (χ3v) is 4.93. The fourth-order valence-electron chi connectivity index (χ4n) is 2.79. The third-order valence-electron chi connectivity index (χ3n) is 4.11. The largest absolute Gasteiger partial charge is 0.493 e. The summed E-state index contributed by atoms with van der Waals surface area (Å²) in [4.78, 5) is 9.17. The molecular weight excluding hydrogens is 499 g/mol. The van der Waals surface area contributed by atoms with Gasteiger partial charge in [0.15, 0.2) is 17.5 Å². The summed E-state index contributed by atoms with van der Waals surface area (Å²) < 4.78 is 11.0. The lowest BCUT2D eigenvalue weighted by Crippen LogP contribution is -2.38. The van der Waals surface area contributed by atoms with E-state index in [1.807, 2.05) is 19.9 Å². The van der Waals surface area contributed by atoms with E-state index in [2.05, 4.69) is 45.0 Å². The first kappa shape index (κ1) is 25.5. The Hall–Kier alpha value is -1.55. The molecule has 0 bridgehead atoms. The quantitative estimate of drug-likeness (QED) is 0.197. The minimum atomic E-state index is 0. The van der Waals surface area contributed by atoms with Crippen LogP contribution in [0, 0.1) is 6.92 Å². The first-order chi connectivity index (χ1) is 13.7. The maximum Gasteiger partial charge on any atom is 0.191 e. The Morgan fingerprint density at radius 1 is 1.17 bits per heavy atom. The summed E-state index contributed by atoms with van der Waals surface area (Å²) in [7, 11) is 1.66. The first-order valence-electron chi connectivity index (χ1n) is 9.89. The van der Waals surface area contributed by atoms with Crippen LogP contribution >= 0.6 is 35.3 Å². The van der Waals surface area contributed by atoms with Gasteiger partial charge in [0, 0.05) is 31.4 Å². The Balaban J connectivity index is 0.00000420. The van der Waals surface area contributed by atoms with Crippen molar-refractivity contribution in [1.82, 2.24) is 15.6 Å². The second kappa shape index (κ2) is 14.4. The van der Waals surface area contributed by atoms with E-state index in [4.69, 9.17) is 9.47 Å². The number of hydrogen-bond acceptors (Lipinski definition) is 5. The topological polar surface area (TPSA) is 67.8 Å². The van der Waals surface area contributed by atoms with Gasteiger partial charge in [-0.2, -0.15) is 0 Å². The molecule has 2 aromatic rings. The predicted octanol–water partition coefficient (Wildman–Crippen LogP) is 4.21. The van der Waals surface area contributed by atoms with Crippen LogP contribution in [0.3, 0.4) is 0 Å². The molecule has 0 amide bonds. The zero-order valence-corrected chi connectivity index (χ0v) is 20.9. The molecule has 29 heavy (non-hydrogen) atoms. The van der Waals surface area contributed by atoms with Crippen molar-refractivity contribution in [2.45, 2.75) is 40.0 Å². The van der Waals surface area contributed by atoms with Crippen molar-refractivity contribution in [3.05, 3.63) is 39.8 Å². The summed E-state index contributed by atoms with van der Waals surface area (Å²) >= 11 is 1.69. The van der Waals surface area contributed by atoms with Gasteiger partial charge in [-0.05, 0) is 51.3 Å². The summed E-state index contributed by atoms with van der Waals surface area (Å²) in [5, 5.41) is 9.91. The number of nitrogens with zero attached hydrogens (tertiary/aromatic N) is 2. The number of hydrogen-bond donors (Lipinski definition) is 2. The van der Waals surface area contributed by atoms with Gasteiger partial charge in [0.2, 0.25) is 0 Å². The van der Waals surface area contributed by atoms with E-state index in [1.54, 1.807) is 18.4 Å². The van der Waals surface area contributed by atoms with E-state index >= 15 is 0 Å². The lowest BCUT2D eigenvalue weighted by molar-refractivity contribution is 0.310. The molecule has 0 unspecified atom stereocenters. The molecule has 1 aromatic heterocycles. The van der Waals surface area contributed by atoms with Crippen LogP contribution in [0.4, 0.5) is 0 Å². The van der Waals surface area contributed by atoms with Gasteiger partial charge >= 0.3 is 0 Å². The van der Waals surface area contributed by atoms with Crippen LogP contribution in [0.15, 0.2) is 28.6 Å². The van der Waals surface area contributed by atoms with Gasteiger partial charge < -0.3 is 20.1 Å². The number of nitrogens with one attached hydrogen (secondary N) is 2. The highest BCUT2D eigenvalue weighted by atomic mass is 127. The molecule has 0 atom stereocenters. The van der Waals surface area contributed by atoms with Gasteiger partial charge in [0.1, 0.15) is 0 Å². The third kappa shape index (κ3) is 9.20. The van der Waals surface area contributed by atoms with Crippen LogP contribution < -0.4 is 20.1 Å². The lowest BCUT2D eigenvalue weighted by atomic mass is 10.1. The van der Waals surface area contributed by atoms with E-state index in [9.17, 15) is 0 Å². The maximum atomic E-state index is 5.65. The molecule has 0 radical (unpaired) electrons. The number of rotatable bonds is 11. The fraction of sp³-hybridized carbons (Fsp3) is 0.524. The second-order valence-electron chi connectivity index (χ2n) is 6.32. The maximum absolute atomic E-state index is 5.65. The standard InChI is InChI=1S/C21H32N4O2S.HI/c1-5-22-21(24-13-11-18-15-28-16(3)25-18)23-12-7-8-17-9-10-19(26-4)20(14-17)27-6-2;/h9-10,14-15H,5-8,11-13H2,1-4H3,(H2,22,23,24);1H. The molecule has 1 heterocycles. The number of ether oxygens (including phenoxy) is 2. The normalized spacial score (nSPS) is 11.0. The average molecular weight is 532 g/mol. The number of aryl methyl sites for hydroxylation is 2. The van der Waals surface area contributed by atoms with Gasteiger partial charge in [-0.3, -0.25) is 4.99 Å². The molecule has 2 N–H and O–H groups in total. The Kier molecular flexibility index (Phi) is 12.7. The SMILES string of the molecule is CCNC(=NCCCc1ccc(OC)c(OCC)c1)NCCc1csc(C)n1.I. The number of benzene rings is 1. The van der Waals surface area contributed by atoms with Gasteiger partial charge in [0.25, 0.3) is 0 Å². The summed E-state index contributed by atoms with van der Waals surface area (Å²) in [6.45, 7) is 9.15. The molecule has 0 spiro atoms. The highest BCUT2D eigenvalue weighted by Crippen LogP contribution is 2.28. The molecule has 2 rings (SSSR count). The predicted molar refractivity (Wildman–Crippen MR) is 132 cm³/mol. The van der Waals surface area contributed by atoms with Crippen molar-refractivity contribution in [3.63, 3.8) is 0 Å². The minimum Gasteiger partial charge on any atom is -0.493 e. The van der Waals surface area contributed by atoms with E-state index in [1.165, 1.54) is 5.56 Å². The first-order valence-corrected chi connectivity index (χ1v) is 10.8. The van der Waals surface area contributed by atoms with Crippen molar-refractivity contribution < 1.29 is 9.47 Å². The van der Waals surface area contributed by atoms with Gasteiger partial charge in [-0.15, -0.1) is 35.3 Å². The second-order valence-corrected chi connectivity index (χ2v) is 7.38. The molecule has 0 saturated carbocycles. The molecule has 0 aliphatic rings. The van der Waals surface area contributed by atoms with Crippen molar-refractivity contribution in [2.24, 2.45) is 4.99 Å². The summed E-state index contributed by atoms with van der Waals surface area (Å²) in [6, 6.07) is 6.12. The van der Waals surface area contributed by atoms with Crippen LogP contribution in [0.5, 0.6) is 11.5 Å². The zero-order chi connectivity index (χ0) is 20.2. The number of aliphatic imine (C=N–C) groups is 1. The molecule has 1 aromatic carbocycles. The number of guanidine groups is 1. The molecule has 0 aliphatic carbocycles. The number of aromatic nitrogens is 1. The van der Waals surface area contributed by atoms with Crippen molar-refractivity contribution in [1.29, 1.82) is 0 Å². The van der Waals surface area contributed by atoms with Crippen LogP contribution in [-0.2, 0) is 12.8 Å². The number of thiazole rings is 1. The van der Waals surface area contributed by atoms with Crippen LogP contribution in [0.25, 0.3) is 0 Å². The molecule has 0 saturated heterocycles.